The normalized spacial score (nSPS) is 20.0. The van der Waals surface area contributed by atoms with Crippen molar-refractivity contribution in [3.8, 4) is 11.5 Å². The molecule has 0 bridgehead atoms. The lowest BCUT2D eigenvalue weighted by molar-refractivity contribution is 0.0735. The summed E-state index contributed by atoms with van der Waals surface area (Å²) in [7, 11) is 0. The number of likely N-dealkylation sites (tertiary alicyclic amines) is 1. The number of rotatable bonds is 2. The molecule has 4 nitrogen and oxygen atoms in total. The van der Waals surface area contributed by atoms with E-state index < -0.39 is 0 Å². The van der Waals surface area contributed by atoms with Crippen LogP contribution in [0.1, 0.15) is 34.8 Å². The van der Waals surface area contributed by atoms with Crippen molar-refractivity contribution >= 4 is 17.2 Å². The summed E-state index contributed by atoms with van der Waals surface area (Å²) in [5, 5.41) is 4.20. The zero-order chi connectivity index (χ0) is 14.2. The Labute approximate surface area is 126 Å². The highest BCUT2D eigenvalue weighted by Gasteiger charge is 2.31. The Morgan fingerprint density at radius 2 is 2.14 bits per heavy atom. The first kappa shape index (κ1) is 12.7. The van der Waals surface area contributed by atoms with E-state index in [2.05, 4.69) is 16.8 Å². The fourth-order valence-corrected chi connectivity index (χ4v) is 3.72. The van der Waals surface area contributed by atoms with Gasteiger partial charge in [0.15, 0.2) is 11.5 Å². The second-order valence-electron chi connectivity index (χ2n) is 5.28. The predicted octanol–water partition coefficient (Wildman–Crippen LogP) is 3.45. The van der Waals surface area contributed by atoms with Gasteiger partial charge in [-0.15, -0.1) is 0 Å². The number of carbonyl (C=O) groups is 1. The van der Waals surface area contributed by atoms with Gasteiger partial charge in [-0.05, 0) is 53.4 Å². The van der Waals surface area contributed by atoms with Crippen LogP contribution in [-0.4, -0.2) is 24.1 Å². The molecule has 0 unspecified atom stereocenters. The monoisotopic (exact) mass is 301 g/mol. The largest absolute Gasteiger partial charge is 0.454 e. The molecule has 21 heavy (non-hydrogen) atoms. The minimum absolute atomic E-state index is 0.0713. The van der Waals surface area contributed by atoms with Crippen molar-refractivity contribution in [3.63, 3.8) is 0 Å². The Morgan fingerprint density at radius 1 is 1.24 bits per heavy atom. The van der Waals surface area contributed by atoms with E-state index in [1.165, 1.54) is 5.56 Å². The van der Waals surface area contributed by atoms with Gasteiger partial charge >= 0.3 is 0 Å². The van der Waals surface area contributed by atoms with Gasteiger partial charge in [0.25, 0.3) is 5.91 Å². The molecule has 108 valence electrons. The average molecular weight is 301 g/mol. The van der Waals surface area contributed by atoms with E-state index in [9.17, 15) is 4.79 Å². The van der Waals surface area contributed by atoms with Crippen LogP contribution in [0.3, 0.4) is 0 Å². The number of amides is 1. The zero-order valence-corrected chi connectivity index (χ0v) is 12.3. The first-order valence-corrected chi connectivity index (χ1v) is 8.00. The highest BCUT2D eigenvalue weighted by atomic mass is 32.1. The van der Waals surface area contributed by atoms with Crippen molar-refractivity contribution in [2.45, 2.75) is 18.9 Å². The Kier molecular flexibility index (Phi) is 3.07. The number of thiophene rings is 1. The molecule has 1 fully saturated rings. The fourth-order valence-electron chi connectivity index (χ4n) is 3.02. The number of carbonyl (C=O) groups excluding carboxylic acids is 1. The Balaban J connectivity index is 1.62. The molecule has 3 heterocycles. The van der Waals surface area contributed by atoms with E-state index >= 15 is 0 Å². The lowest BCUT2D eigenvalue weighted by Gasteiger charge is -2.24. The number of hydrogen-bond acceptors (Lipinski definition) is 4. The summed E-state index contributed by atoms with van der Waals surface area (Å²) in [6, 6.07) is 7.73. The van der Waals surface area contributed by atoms with Crippen LogP contribution in [0.5, 0.6) is 11.5 Å². The third-order valence-corrected chi connectivity index (χ3v) is 4.76. The third kappa shape index (κ3) is 2.17. The van der Waals surface area contributed by atoms with Crippen molar-refractivity contribution in [2.24, 2.45) is 0 Å². The van der Waals surface area contributed by atoms with Gasteiger partial charge in [-0.1, -0.05) is 0 Å². The second kappa shape index (κ2) is 5.07. The Morgan fingerprint density at radius 3 is 3.00 bits per heavy atom. The molecule has 1 saturated heterocycles. The van der Waals surface area contributed by atoms with E-state index in [0.717, 1.165) is 19.4 Å². The third-order valence-electron chi connectivity index (χ3n) is 4.06. The minimum atomic E-state index is 0.0713. The highest BCUT2D eigenvalue weighted by Crippen LogP contribution is 2.36. The van der Waals surface area contributed by atoms with Crippen LogP contribution in [0.25, 0.3) is 0 Å². The van der Waals surface area contributed by atoms with Gasteiger partial charge in [0, 0.05) is 12.1 Å². The number of ether oxygens (including phenoxy) is 2. The molecule has 0 radical (unpaired) electrons. The molecular formula is C16H15NO3S. The van der Waals surface area contributed by atoms with Gasteiger partial charge in [-0.2, -0.15) is 11.3 Å². The molecule has 1 aromatic carbocycles. The SMILES string of the molecule is O=C(c1ccc2c(c1)OCO2)N1CCC[C@H]1c1ccsc1. The Bertz CT molecular complexity index is 668. The Hall–Kier alpha value is -2.01. The molecule has 2 aliphatic rings. The van der Waals surface area contributed by atoms with E-state index in [1.807, 2.05) is 17.0 Å². The van der Waals surface area contributed by atoms with Gasteiger partial charge in [0.2, 0.25) is 6.79 Å². The predicted molar refractivity (Wildman–Crippen MR) is 79.9 cm³/mol. The van der Waals surface area contributed by atoms with Crippen LogP contribution in [0, 0.1) is 0 Å². The average Bonchev–Trinajstić information content (AvgIpc) is 3.24. The smallest absolute Gasteiger partial charge is 0.254 e. The number of nitrogens with zero attached hydrogens (tertiary/aromatic N) is 1. The summed E-state index contributed by atoms with van der Waals surface area (Å²) in [5.41, 5.74) is 1.91. The second-order valence-corrected chi connectivity index (χ2v) is 6.06. The summed E-state index contributed by atoms with van der Waals surface area (Å²) in [6.45, 7) is 1.04. The molecule has 0 aliphatic carbocycles. The van der Waals surface area contributed by atoms with Crippen LogP contribution in [0.4, 0.5) is 0 Å². The van der Waals surface area contributed by atoms with Gasteiger partial charge in [-0.3, -0.25) is 4.79 Å². The van der Waals surface area contributed by atoms with Crippen molar-refractivity contribution < 1.29 is 14.3 Å². The maximum atomic E-state index is 12.8. The van der Waals surface area contributed by atoms with Gasteiger partial charge in [-0.25, -0.2) is 0 Å². The maximum Gasteiger partial charge on any atom is 0.254 e. The number of hydrogen-bond donors (Lipinski definition) is 0. The summed E-state index contributed by atoms with van der Waals surface area (Å²) in [5.74, 6) is 1.44. The number of benzene rings is 1. The lowest BCUT2D eigenvalue weighted by Crippen LogP contribution is -2.30. The molecular weight excluding hydrogens is 286 g/mol. The van der Waals surface area contributed by atoms with E-state index in [0.29, 0.717) is 17.1 Å². The highest BCUT2D eigenvalue weighted by molar-refractivity contribution is 7.07. The fraction of sp³-hybridized carbons (Fsp3) is 0.312. The van der Waals surface area contributed by atoms with Crippen molar-refractivity contribution in [3.05, 3.63) is 46.2 Å². The quantitative estimate of drug-likeness (QED) is 0.852. The molecule has 1 atom stereocenters. The van der Waals surface area contributed by atoms with Gasteiger partial charge in [0.1, 0.15) is 0 Å². The topological polar surface area (TPSA) is 38.8 Å². The van der Waals surface area contributed by atoms with Gasteiger partial charge in [0.05, 0.1) is 6.04 Å². The van der Waals surface area contributed by atoms with Crippen LogP contribution in [0.15, 0.2) is 35.0 Å². The molecule has 2 aromatic rings. The van der Waals surface area contributed by atoms with E-state index in [1.54, 1.807) is 17.4 Å². The zero-order valence-electron chi connectivity index (χ0n) is 11.5. The van der Waals surface area contributed by atoms with Crippen molar-refractivity contribution in [1.82, 2.24) is 4.90 Å². The molecule has 5 heteroatoms. The number of fused-ring (bicyclic) bond motifs is 1. The summed E-state index contributed by atoms with van der Waals surface area (Å²) in [6.07, 6.45) is 2.09. The molecule has 0 saturated carbocycles. The molecule has 0 spiro atoms. The summed E-state index contributed by atoms with van der Waals surface area (Å²) >= 11 is 1.68. The lowest BCUT2D eigenvalue weighted by atomic mass is 10.1. The van der Waals surface area contributed by atoms with Crippen LogP contribution < -0.4 is 9.47 Å². The van der Waals surface area contributed by atoms with E-state index in [4.69, 9.17) is 9.47 Å². The van der Waals surface area contributed by atoms with E-state index in [-0.39, 0.29) is 18.7 Å². The van der Waals surface area contributed by atoms with Crippen LogP contribution in [-0.2, 0) is 0 Å². The first-order chi connectivity index (χ1) is 10.3. The molecule has 2 aliphatic heterocycles. The van der Waals surface area contributed by atoms with Gasteiger partial charge < -0.3 is 14.4 Å². The first-order valence-electron chi connectivity index (χ1n) is 7.05. The maximum absolute atomic E-state index is 12.8. The molecule has 1 amide bonds. The molecule has 1 aromatic heterocycles. The van der Waals surface area contributed by atoms with Crippen LogP contribution in [0.2, 0.25) is 0 Å². The molecule has 0 N–H and O–H groups in total. The van der Waals surface area contributed by atoms with Crippen LogP contribution >= 0.6 is 11.3 Å². The summed E-state index contributed by atoms with van der Waals surface area (Å²) < 4.78 is 10.7. The van der Waals surface area contributed by atoms with Crippen molar-refractivity contribution in [1.29, 1.82) is 0 Å². The summed E-state index contributed by atoms with van der Waals surface area (Å²) in [4.78, 5) is 14.8. The minimum Gasteiger partial charge on any atom is -0.454 e. The standard InChI is InChI=1S/C16H15NO3S/c18-16(11-3-4-14-15(8-11)20-10-19-14)17-6-1-2-13(17)12-5-7-21-9-12/h3-5,7-9,13H,1-2,6,10H2/t13-/m0/s1. The van der Waals surface area contributed by atoms with Crippen molar-refractivity contribution in [2.75, 3.05) is 13.3 Å². The molecule has 4 rings (SSSR count).